The number of allylic oxidation sites excluding steroid dienone is 4. The number of nitrogens with zero attached hydrogens (tertiary/aromatic N) is 4. The van der Waals surface area contributed by atoms with Gasteiger partial charge in [0.1, 0.15) is 23.0 Å². The number of ether oxygens (including phenoxy) is 1. The van der Waals surface area contributed by atoms with Crippen LogP contribution in [0, 0.1) is 0 Å². The van der Waals surface area contributed by atoms with Crippen molar-refractivity contribution in [2.45, 2.75) is 31.1 Å². The fourth-order valence-corrected chi connectivity index (χ4v) is 15.4. The van der Waals surface area contributed by atoms with Crippen molar-refractivity contribution in [1.29, 1.82) is 0 Å². The Kier molecular flexibility index (Phi) is 7.35. The molecule has 6 aromatic carbocycles. The van der Waals surface area contributed by atoms with E-state index in [2.05, 4.69) is 199 Å². The van der Waals surface area contributed by atoms with E-state index >= 15 is 0 Å². The molecule has 0 saturated carbocycles. The maximum atomic E-state index is 6.72. The topological polar surface area (TPSA) is 44.9 Å². The molecular weight excluding hydrogens is 737 g/mol. The molecule has 282 valence electrons. The molecule has 0 radical (unpaired) electrons. The number of imidazole rings is 1. The second-order valence-corrected chi connectivity index (χ2v) is 20.4. The highest BCUT2D eigenvalue weighted by molar-refractivity contribution is 7.16. The normalized spacial score (nSPS) is 17.3. The van der Waals surface area contributed by atoms with Crippen LogP contribution in [0.5, 0.6) is 11.5 Å². The van der Waals surface area contributed by atoms with Gasteiger partial charge in [-0.05, 0) is 68.8 Å². The van der Waals surface area contributed by atoms with Gasteiger partial charge in [0.15, 0.2) is 8.07 Å². The molecule has 0 saturated heterocycles. The third-order valence-corrected chi connectivity index (χ3v) is 18.0. The molecule has 5 heterocycles. The minimum atomic E-state index is -2.97. The van der Waals surface area contributed by atoms with Crippen molar-refractivity contribution in [1.82, 2.24) is 19.1 Å². The molecular formula is C53H40N4OSi. The summed E-state index contributed by atoms with van der Waals surface area (Å²) in [7, 11) is -2.97. The second kappa shape index (κ2) is 12.7. The van der Waals surface area contributed by atoms with Gasteiger partial charge in [0, 0.05) is 69.5 Å². The van der Waals surface area contributed by atoms with Crippen molar-refractivity contribution >= 4 is 45.6 Å². The first kappa shape index (κ1) is 34.1. The molecule has 2 aliphatic heterocycles. The van der Waals surface area contributed by atoms with E-state index < -0.39 is 8.07 Å². The van der Waals surface area contributed by atoms with E-state index in [-0.39, 0.29) is 17.3 Å². The van der Waals surface area contributed by atoms with Gasteiger partial charge in [-0.3, -0.25) is 4.57 Å². The highest BCUT2D eigenvalue weighted by Crippen LogP contribution is 2.50. The number of fused-ring (bicyclic) bond motifs is 11. The minimum Gasteiger partial charge on any atom is -0.457 e. The largest absolute Gasteiger partial charge is 0.457 e. The van der Waals surface area contributed by atoms with Crippen molar-refractivity contribution in [2.24, 2.45) is 0 Å². The number of rotatable bonds is 5. The third-order valence-electron chi connectivity index (χ3n) is 13.2. The van der Waals surface area contributed by atoms with Crippen LogP contribution in [0.2, 0.25) is 0 Å². The van der Waals surface area contributed by atoms with Crippen LogP contribution >= 0.6 is 0 Å². The Hall–Kier alpha value is -7.02. The smallest absolute Gasteiger partial charge is 0.179 e. The number of hydrogen-bond donors (Lipinski definition) is 0. The molecule has 0 bridgehead atoms. The Bertz CT molecular complexity index is 3150. The maximum Gasteiger partial charge on any atom is 0.179 e. The molecule has 9 aromatic rings. The predicted molar refractivity (Wildman–Crippen MR) is 241 cm³/mol. The van der Waals surface area contributed by atoms with Gasteiger partial charge in [0.25, 0.3) is 0 Å². The lowest BCUT2D eigenvalue weighted by atomic mass is 9.75. The summed E-state index contributed by atoms with van der Waals surface area (Å²) in [4.78, 5) is 10.1. The van der Waals surface area contributed by atoms with Crippen LogP contribution in [-0.4, -0.2) is 27.2 Å². The summed E-state index contributed by atoms with van der Waals surface area (Å²) in [6, 6.07) is 57.8. The monoisotopic (exact) mass is 776 g/mol. The van der Waals surface area contributed by atoms with Crippen molar-refractivity contribution < 1.29 is 4.74 Å². The van der Waals surface area contributed by atoms with Gasteiger partial charge in [0.05, 0.1) is 11.2 Å². The summed E-state index contributed by atoms with van der Waals surface area (Å²) < 4.78 is 11.3. The van der Waals surface area contributed by atoms with Crippen LogP contribution in [0.4, 0.5) is 0 Å². The van der Waals surface area contributed by atoms with Crippen molar-refractivity contribution in [3.63, 3.8) is 0 Å². The number of para-hydroxylation sites is 2. The minimum absolute atomic E-state index is 0.0875. The first-order valence-electron chi connectivity index (χ1n) is 20.5. The number of pyridine rings is 1. The molecule has 3 aliphatic rings. The lowest BCUT2D eigenvalue weighted by molar-refractivity contribution is 0.419. The van der Waals surface area contributed by atoms with Gasteiger partial charge in [-0.15, -0.1) is 0 Å². The number of aromatic nitrogens is 4. The summed E-state index contributed by atoms with van der Waals surface area (Å²) in [6.45, 7) is 4.60. The van der Waals surface area contributed by atoms with E-state index in [1.165, 1.54) is 48.5 Å². The Labute approximate surface area is 344 Å². The molecule has 1 aliphatic carbocycles. The average molecular weight is 777 g/mol. The predicted octanol–water partition coefficient (Wildman–Crippen LogP) is 10.2. The zero-order chi connectivity index (χ0) is 39.3. The molecule has 5 nitrogen and oxygen atoms in total. The van der Waals surface area contributed by atoms with Gasteiger partial charge in [-0.1, -0.05) is 141 Å². The molecule has 0 spiro atoms. The van der Waals surface area contributed by atoms with E-state index in [0.29, 0.717) is 0 Å². The van der Waals surface area contributed by atoms with E-state index in [9.17, 15) is 0 Å². The van der Waals surface area contributed by atoms with Crippen LogP contribution in [0.15, 0.2) is 200 Å². The van der Waals surface area contributed by atoms with Crippen LogP contribution in [0.25, 0.3) is 33.3 Å². The maximum absolute atomic E-state index is 6.72. The number of benzene rings is 6. The van der Waals surface area contributed by atoms with Crippen molar-refractivity contribution in [3.8, 4) is 22.9 Å². The fourth-order valence-electron chi connectivity index (χ4n) is 10.5. The zero-order valence-electron chi connectivity index (χ0n) is 32.8. The Morgan fingerprint density at radius 1 is 0.610 bits per heavy atom. The summed E-state index contributed by atoms with van der Waals surface area (Å²) in [5.74, 6) is 3.17. The number of hydrogen-bond acceptors (Lipinski definition) is 3. The molecule has 59 heavy (non-hydrogen) atoms. The van der Waals surface area contributed by atoms with E-state index in [0.717, 1.165) is 39.6 Å². The lowest BCUT2D eigenvalue weighted by Gasteiger charge is -2.40. The molecule has 12 rings (SSSR count). The Morgan fingerprint density at radius 2 is 1.36 bits per heavy atom. The average Bonchev–Trinajstić information content (AvgIpc) is 3.91. The summed E-state index contributed by atoms with van der Waals surface area (Å²) in [6.07, 6.45) is 13.4. The first-order valence-corrected chi connectivity index (χ1v) is 22.5. The summed E-state index contributed by atoms with van der Waals surface area (Å²) >= 11 is 0. The third kappa shape index (κ3) is 4.84. The lowest BCUT2D eigenvalue weighted by Crippen LogP contribution is -2.68. The quantitative estimate of drug-likeness (QED) is 0.129. The fraction of sp³-hybridized carbons (Fsp3) is 0.0943. The molecule has 3 aromatic heterocycles. The van der Waals surface area contributed by atoms with Crippen LogP contribution in [0.3, 0.4) is 0 Å². The first-order chi connectivity index (χ1) is 29.0. The Morgan fingerprint density at radius 3 is 2.19 bits per heavy atom. The molecule has 6 heteroatoms. The van der Waals surface area contributed by atoms with Gasteiger partial charge in [-0.25, -0.2) is 9.97 Å². The SMILES string of the molecule is CC1(C)c2ccccc2Oc2cc3c(cc21)c1cccnc1n3-c1cccc([Si](C2=CC3c4nccn4-c4ccccc4C3C=C2)(c2ccccc2)c2ccccc2)c1. The van der Waals surface area contributed by atoms with Crippen molar-refractivity contribution in [3.05, 3.63) is 222 Å². The van der Waals surface area contributed by atoms with E-state index in [1.807, 2.05) is 18.5 Å². The van der Waals surface area contributed by atoms with E-state index in [1.54, 1.807) is 0 Å². The van der Waals surface area contributed by atoms with Gasteiger partial charge >= 0.3 is 0 Å². The highest BCUT2D eigenvalue weighted by Gasteiger charge is 2.45. The summed E-state index contributed by atoms with van der Waals surface area (Å²) in [5, 5.41) is 7.61. The molecule has 0 fully saturated rings. The van der Waals surface area contributed by atoms with Crippen LogP contribution < -0.4 is 20.3 Å². The van der Waals surface area contributed by atoms with Crippen molar-refractivity contribution in [2.75, 3.05) is 0 Å². The Balaban J connectivity index is 1.11. The van der Waals surface area contributed by atoms with Gasteiger partial charge in [0.2, 0.25) is 0 Å². The van der Waals surface area contributed by atoms with Gasteiger partial charge in [-0.2, -0.15) is 0 Å². The second-order valence-electron chi connectivity index (χ2n) is 16.6. The van der Waals surface area contributed by atoms with E-state index in [4.69, 9.17) is 14.7 Å². The molecule has 2 atom stereocenters. The molecule has 2 unspecified atom stereocenters. The summed E-state index contributed by atoms with van der Waals surface area (Å²) in [5.41, 5.74) is 7.76. The van der Waals surface area contributed by atoms with Gasteiger partial charge < -0.3 is 9.30 Å². The molecule has 0 N–H and O–H groups in total. The highest BCUT2D eigenvalue weighted by atomic mass is 28.3. The standard InChI is InChI=1S/C53H40N4OSi/c1-53(2)45-23-10-12-25-49(45)58-50-34-48-43(33-46(50)53)42-22-14-28-54-52(42)57(48)35-15-13-20-38(31-35)59(36-16-5-3-6-17-36,37-18-7-4-8-19-37)39-26-27-40-41-21-9-11-24-47(41)56-30-29-55-51(56)44(40)32-39/h3-34,40,44H,1-2H3. The molecule has 0 amide bonds. The van der Waals surface area contributed by atoms with Crippen LogP contribution in [-0.2, 0) is 5.41 Å². The van der Waals surface area contributed by atoms with Crippen LogP contribution in [0.1, 0.15) is 48.2 Å². The zero-order valence-corrected chi connectivity index (χ0v) is 33.8.